The van der Waals surface area contributed by atoms with E-state index in [2.05, 4.69) is 21.6 Å². The molecule has 0 radical (unpaired) electrons. The molecule has 0 spiro atoms. The first kappa shape index (κ1) is 18.2. The summed E-state index contributed by atoms with van der Waals surface area (Å²) in [7, 11) is 0. The van der Waals surface area contributed by atoms with Gasteiger partial charge in [-0.05, 0) is 16.3 Å². The number of aromatic nitrogens is 2. The van der Waals surface area contributed by atoms with Crippen molar-refractivity contribution in [3.05, 3.63) is 59.3 Å². The topological polar surface area (TPSA) is 78.1 Å². The van der Waals surface area contributed by atoms with Gasteiger partial charge in [-0.2, -0.15) is 5.10 Å². The van der Waals surface area contributed by atoms with E-state index in [1.165, 1.54) is 0 Å². The summed E-state index contributed by atoms with van der Waals surface area (Å²) < 4.78 is 0. The van der Waals surface area contributed by atoms with Crippen molar-refractivity contribution in [1.29, 1.82) is 0 Å². The SMILES string of the molecule is CC(C)(C)C(=O)N1Cc2n[nH]c(NC(=O)Cc3ccc4ccccc4c3)c2C1. The number of carbonyl (C=O) groups excluding carboxylic acids is 2. The molecule has 0 saturated carbocycles. The summed E-state index contributed by atoms with van der Waals surface area (Å²) >= 11 is 0. The van der Waals surface area contributed by atoms with Crippen LogP contribution in [0.5, 0.6) is 0 Å². The van der Waals surface area contributed by atoms with Gasteiger partial charge in [-0.15, -0.1) is 0 Å². The van der Waals surface area contributed by atoms with Crippen LogP contribution in [0.2, 0.25) is 0 Å². The minimum absolute atomic E-state index is 0.0824. The summed E-state index contributed by atoms with van der Waals surface area (Å²) in [4.78, 5) is 26.8. The van der Waals surface area contributed by atoms with Gasteiger partial charge in [-0.3, -0.25) is 14.7 Å². The van der Waals surface area contributed by atoms with Crippen molar-refractivity contribution >= 4 is 28.4 Å². The third-order valence-electron chi connectivity index (χ3n) is 5.01. The number of amides is 2. The second-order valence-electron chi connectivity index (χ2n) is 8.34. The smallest absolute Gasteiger partial charge is 0.229 e. The van der Waals surface area contributed by atoms with Gasteiger partial charge in [0.25, 0.3) is 0 Å². The van der Waals surface area contributed by atoms with E-state index in [1.807, 2.05) is 57.2 Å². The zero-order chi connectivity index (χ0) is 19.9. The van der Waals surface area contributed by atoms with E-state index in [0.29, 0.717) is 18.9 Å². The van der Waals surface area contributed by atoms with E-state index < -0.39 is 5.41 Å². The third kappa shape index (κ3) is 3.50. The number of anilines is 1. The third-order valence-corrected chi connectivity index (χ3v) is 5.01. The molecule has 0 saturated heterocycles. The molecule has 144 valence electrons. The molecule has 2 N–H and O–H groups in total. The van der Waals surface area contributed by atoms with E-state index in [1.54, 1.807) is 4.90 Å². The van der Waals surface area contributed by atoms with E-state index in [4.69, 9.17) is 0 Å². The molecular weight excluding hydrogens is 352 g/mol. The van der Waals surface area contributed by atoms with Gasteiger partial charge in [-0.1, -0.05) is 63.2 Å². The van der Waals surface area contributed by atoms with Gasteiger partial charge in [-0.25, -0.2) is 0 Å². The standard InChI is InChI=1S/C22H24N4O2/c1-22(2,3)21(28)26-12-17-18(13-26)24-25-20(17)23-19(27)11-14-8-9-15-6-4-5-7-16(15)10-14/h4-10H,11-13H2,1-3H3,(H2,23,24,25,27). The first-order valence-electron chi connectivity index (χ1n) is 9.44. The summed E-state index contributed by atoms with van der Waals surface area (Å²) in [5.41, 5.74) is 2.23. The monoisotopic (exact) mass is 376 g/mol. The highest BCUT2D eigenvalue weighted by Gasteiger charge is 2.34. The Labute approximate surface area is 163 Å². The Morgan fingerprint density at radius 3 is 2.61 bits per heavy atom. The molecule has 0 fully saturated rings. The number of rotatable bonds is 3. The first-order chi connectivity index (χ1) is 13.3. The average molecular weight is 376 g/mol. The van der Waals surface area contributed by atoms with Gasteiger partial charge in [0.05, 0.1) is 25.2 Å². The van der Waals surface area contributed by atoms with Crippen LogP contribution in [0.1, 0.15) is 37.6 Å². The van der Waals surface area contributed by atoms with E-state index in [9.17, 15) is 9.59 Å². The maximum Gasteiger partial charge on any atom is 0.229 e. The lowest BCUT2D eigenvalue weighted by atomic mass is 9.95. The molecular formula is C22H24N4O2. The minimum atomic E-state index is -0.438. The zero-order valence-corrected chi connectivity index (χ0v) is 16.4. The van der Waals surface area contributed by atoms with Crippen LogP contribution in [-0.2, 0) is 29.1 Å². The first-order valence-corrected chi connectivity index (χ1v) is 9.44. The second kappa shape index (κ2) is 6.78. The molecule has 6 heteroatoms. The maximum atomic E-state index is 12.6. The Morgan fingerprint density at radius 2 is 1.86 bits per heavy atom. The van der Waals surface area contributed by atoms with Crippen molar-refractivity contribution in [3.63, 3.8) is 0 Å². The predicted octanol–water partition coefficient (Wildman–Crippen LogP) is 3.63. The highest BCUT2D eigenvalue weighted by molar-refractivity contribution is 5.93. The quantitative estimate of drug-likeness (QED) is 0.733. The van der Waals surface area contributed by atoms with Crippen LogP contribution in [0.15, 0.2) is 42.5 Å². The number of fused-ring (bicyclic) bond motifs is 2. The Hall–Kier alpha value is -3.15. The summed E-state index contributed by atoms with van der Waals surface area (Å²) in [6.45, 7) is 6.66. The fraction of sp³-hybridized carbons (Fsp3) is 0.318. The van der Waals surface area contributed by atoms with Gasteiger partial charge in [0, 0.05) is 11.0 Å². The Morgan fingerprint density at radius 1 is 1.11 bits per heavy atom. The molecule has 0 aliphatic carbocycles. The number of carbonyl (C=O) groups is 2. The van der Waals surface area contributed by atoms with Crippen molar-refractivity contribution in [2.24, 2.45) is 5.41 Å². The fourth-order valence-corrected chi connectivity index (χ4v) is 3.57. The fourth-order valence-electron chi connectivity index (χ4n) is 3.57. The number of hydrogen-bond acceptors (Lipinski definition) is 3. The predicted molar refractivity (Wildman–Crippen MR) is 109 cm³/mol. The summed E-state index contributed by atoms with van der Waals surface area (Å²) in [5.74, 6) is 0.561. The van der Waals surface area contributed by atoms with Crippen molar-refractivity contribution in [3.8, 4) is 0 Å². The molecule has 2 heterocycles. The van der Waals surface area contributed by atoms with Crippen LogP contribution in [0.3, 0.4) is 0 Å². The number of aromatic amines is 1. The highest BCUT2D eigenvalue weighted by atomic mass is 16.2. The summed E-state index contributed by atoms with van der Waals surface area (Å²) in [6, 6.07) is 14.1. The van der Waals surface area contributed by atoms with Crippen LogP contribution >= 0.6 is 0 Å². The molecule has 28 heavy (non-hydrogen) atoms. The van der Waals surface area contributed by atoms with Gasteiger partial charge >= 0.3 is 0 Å². The molecule has 0 unspecified atom stereocenters. The van der Waals surface area contributed by atoms with E-state index >= 15 is 0 Å². The molecule has 4 rings (SSSR count). The number of H-pyrrole nitrogens is 1. The number of nitrogens with one attached hydrogen (secondary N) is 2. The number of benzene rings is 2. The molecule has 6 nitrogen and oxygen atoms in total. The van der Waals surface area contributed by atoms with Crippen LogP contribution in [-0.4, -0.2) is 26.9 Å². The van der Waals surface area contributed by atoms with Crippen molar-refractivity contribution in [2.75, 3.05) is 5.32 Å². The van der Waals surface area contributed by atoms with Gasteiger partial charge in [0.15, 0.2) is 0 Å². The molecule has 2 aromatic carbocycles. The normalized spacial score (nSPS) is 13.6. The largest absolute Gasteiger partial charge is 0.332 e. The molecule has 2 amide bonds. The van der Waals surface area contributed by atoms with Crippen LogP contribution in [0, 0.1) is 5.41 Å². The van der Waals surface area contributed by atoms with Crippen molar-refractivity contribution in [1.82, 2.24) is 15.1 Å². The molecule has 0 atom stereocenters. The Balaban J connectivity index is 1.45. The molecule has 1 aliphatic heterocycles. The Bertz CT molecular complexity index is 1060. The average Bonchev–Trinajstić information content (AvgIpc) is 3.22. The summed E-state index contributed by atoms with van der Waals surface area (Å²) in [6.07, 6.45) is 0.281. The van der Waals surface area contributed by atoms with Crippen molar-refractivity contribution in [2.45, 2.75) is 40.3 Å². The lowest BCUT2D eigenvalue weighted by Gasteiger charge is -2.25. The molecule has 3 aromatic rings. The molecule has 1 aliphatic rings. The molecule has 0 bridgehead atoms. The zero-order valence-electron chi connectivity index (χ0n) is 16.4. The Kier molecular flexibility index (Phi) is 4.41. The van der Waals surface area contributed by atoms with E-state index in [0.717, 1.165) is 27.6 Å². The van der Waals surface area contributed by atoms with Crippen molar-refractivity contribution < 1.29 is 9.59 Å². The van der Waals surface area contributed by atoms with Crippen LogP contribution in [0.25, 0.3) is 10.8 Å². The number of nitrogens with zero attached hydrogens (tertiary/aromatic N) is 2. The number of hydrogen-bond donors (Lipinski definition) is 2. The van der Waals surface area contributed by atoms with Gasteiger partial charge in [0.2, 0.25) is 11.8 Å². The molecule has 1 aromatic heterocycles. The minimum Gasteiger partial charge on any atom is -0.332 e. The lowest BCUT2D eigenvalue weighted by Crippen LogP contribution is -2.36. The second-order valence-corrected chi connectivity index (χ2v) is 8.34. The summed E-state index contributed by atoms with van der Waals surface area (Å²) in [5, 5.41) is 12.4. The van der Waals surface area contributed by atoms with Crippen LogP contribution < -0.4 is 5.32 Å². The lowest BCUT2D eigenvalue weighted by molar-refractivity contribution is -0.140. The van der Waals surface area contributed by atoms with Gasteiger partial charge < -0.3 is 10.2 Å². The van der Waals surface area contributed by atoms with E-state index in [-0.39, 0.29) is 18.2 Å². The highest BCUT2D eigenvalue weighted by Crippen LogP contribution is 2.30. The van der Waals surface area contributed by atoms with Gasteiger partial charge in [0.1, 0.15) is 5.82 Å². The van der Waals surface area contributed by atoms with Crippen LogP contribution in [0.4, 0.5) is 5.82 Å². The maximum absolute atomic E-state index is 12.6.